The van der Waals surface area contributed by atoms with Gasteiger partial charge in [-0.3, -0.25) is 9.36 Å². The molecule has 0 bridgehead atoms. The lowest BCUT2D eigenvalue weighted by atomic mass is 9.92. The summed E-state index contributed by atoms with van der Waals surface area (Å²) in [6.45, 7) is 3.04. The third-order valence-electron chi connectivity index (χ3n) is 4.86. The monoisotopic (exact) mass is 334 g/mol. The van der Waals surface area contributed by atoms with E-state index in [1.54, 1.807) is 0 Å². The number of aromatic nitrogens is 2. The van der Waals surface area contributed by atoms with E-state index in [1.807, 2.05) is 48.8 Å². The molecule has 3 aromatic rings. The van der Waals surface area contributed by atoms with Gasteiger partial charge in [-0.05, 0) is 62.7 Å². The van der Waals surface area contributed by atoms with Gasteiger partial charge in [-0.25, -0.2) is 4.98 Å². The van der Waals surface area contributed by atoms with Crippen LogP contribution < -0.4 is 10.6 Å². The normalized spacial score (nSPS) is 20.5. The Morgan fingerprint density at radius 3 is 2.80 bits per heavy atom. The lowest BCUT2D eigenvalue weighted by molar-refractivity contribution is -0.120. The van der Waals surface area contributed by atoms with Crippen molar-refractivity contribution in [2.24, 2.45) is 5.92 Å². The maximum Gasteiger partial charge on any atom is 0.227 e. The second-order valence-electron chi connectivity index (χ2n) is 6.72. The average molecular weight is 334 g/mol. The molecule has 0 unspecified atom stereocenters. The Labute approximate surface area is 147 Å². The van der Waals surface area contributed by atoms with Gasteiger partial charge in [-0.2, -0.15) is 0 Å². The Morgan fingerprint density at radius 2 is 2.00 bits per heavy atom. The molecule has 2 atom stereocenters. The molecule has 0 radical (unpaired) electrons. The van der Waals surface area contributed by atoms with Gasteiger partial charge in [0.2, 0.25) is 5.91 Å². The molecule has 1 aromatic heterocycles. The zero-order valence-corrected chi connectivity index (χ0v) is 14.3. The van der Waals surface area contributed by atoms with Crippen LogP contribution in [-0.4, -0.2) is 28.0 Å². The molecular weight excluding hydrogens is 312 g/mol. The molecular formula is C20H22N4O. The van der Waals surface area contributed by atoms with Gasteiger partial charge in [0.05, 0.1) is 11.0 Å². The molecule has 2 N–H and O–H groups in total. The van der Waals surface area contributed by atoms with Crippen molar-refractivity contribution in [2.75, 3.05) is 11.9 Å². The first-order valence-corrected chi connectivity index (χ1v) is 8.77. The number of imidazole rings is 1. The lowest BCUT2D eigenvalue weighted by Crippen LogP contribution is -2.40. The van der Waals surface area contributed by atoms with Crippen molar-refractivity contribution in [1.82, 2.24) is 14.9 Å². The molecule has 5 nitrogen and oxygen atoms in total. The van der Waals surface area contributed by atoms with Crippen LogP contribution in [0.3, 0.4) is 0 Å². The number of anilines is 1. The van der Waals surface area contributed by atoms with Gasteiger partial charge >= 0.3 is 0 Å². The minimum atomic E-state index is 0.0912. The summed E-state index contributed by atoms with van der Waals surface area (Å²) in [6.07, 6.45) is 3.62. The Bertz CT molecular complexity index is 884. The highest BCUT2D eigenvalue weighted by molar-refractivity contribution is 5.92. The van der Waals surface area contributed by atoms with Gasteiger partial charge in [-0.1, -0.05) is 12.1 Å². The van der Waals surface area contributed by atoms with Gasteiger partial charge in [0, 0.05) is 23.3 Å². The Balaban J connectivity index is 1.49. The predicted octanol–water partition coefficient (Wildman–Crippen LogP) is 3.35. The first-order chi connectivity index (χ1) is 12.2. The predicted molar refractivity (Wildman–Crippen MR) is 99.9 cm³/mol. The second kappa shape index (κ2) is 6.69. The van der Waals surface area contributed by atoms with E-state index in [0.717, 1.165) is 41.8 Å². The summed E-state index contributed by atoms with van der Waals surface area (Å²) >= 11 is 0. The highest BCUT2D eigenvalue weighted by Crippen LogP contribution is 2.21. The molecule has 1 aliphatic heterocycles. The number of hydrogen-bond acceptors (Lipinski definition) is 3. The summed E-state index contributed by atoms with van der Waals surface area (Å²) in [4.78, 5) is 16.9. The summed E-state index contributed by atoms with van der Waals surface area (Å²) in [5, 5.41) is 6.43. The van der Waals surface area contributed by atoms with Crippen LogP contribution in [0.25, 0.3) is 16.7 Å². The van der Waals surface area contributed by atoms with Crippen molar-refractivity contribution in [1.29, 1.82) is 0 Å². The topological polar surface area (TPSA) is 59.0 Å². The third kappa shape index (κ3) is 3.28. The number of carbonyl (C=O) groups is 1. The smallest absolute Gasteiger partial charge is 0.227 e. The van der Waals surface area contributed by atoms with E-state index in [9.17, 15) is 4.79 Å². The fourth-order valence-electron chi connectivity index (χ4n) is 3.48. The number of piperidine rings is 1. The van der Waals surface area contributed by atoms with E-state index in [-0.39, 0.29) is 11.8 Å². The molecule has 1 amide bonds. The first kappa shape index (κ1) is 15.8. The molecule has 128 valence electrons. The summed E-state index contributed by atoms with van der Waals surface area (Å²) < 4.78 is 2.05. The molecule has 1 fully saturated rings. The molecule has 4 rings (SSSR count). The van der Waals surface area contributed by atoms with Gasteiger partial charge in [0.25, 0.3) is 0 Å². The van der Waals surface area contributed by atoms with Gasteiger partial charge in [-0.15, -0.1) is 0 Å². The Kier molecular flexibility index (Phi) is 4.24. The molecule has 2 heterocycles. The van der Waals surface area contributed by atoms with Gasteiger partial charge in [0.1, 0.15) is 6.33 Å². The summed E-state index contributed by atoms with van der Waals surface area (Å²) in [5.41, 5.74) is 3.91. The summed E-state index contributed by atoms with van der Waals surface area (Å²) in [6, 6.07) is 16.4. The quantitative estimate of drug-likeness (QED) is 0.772. The fraction of sp³-hybridized carbons (Fsp3) is 0.300. The van der Waals surface area contributed by atoms with E-state index in [2.05, 4.69) is 33.2 Å². The number of hydrogen-bond donors (Lipinski definition) is 2. The van der Waals surface area contributed by atoms with Crippen molar-refractivity contribution < 1.29 is 4.79 Å². The Hall–Kier alpha value is -2.66. The number of benzene rings is 2. The molecule has 2 aromatic carbocycles. The molecule has 0 aliphatic carbocycles. The number of rotatable bonds is 3. The van der Waals surface area contributed by atoms with Crippen molar-refractivity contribution in [3.05, 3.63) is 54.9 Å². The minimum Gasteiger partial charge on any atom is -0.326 e. The molecule has 5 heteroatoms. The molecule has 1 saturated heterocycles. The zero-order chi connectivity index (χ0) is 17.2. The molecule has 0 saturated carbocycles. The largest absolute Gasteiger partial charge is 0.326 e. The minimum absolute atomic E-state index is 0.0912. The lowest BCUT2D eigenvalue weighted by Gasteiger charge is -2.27. The van der Waals surface area contributed by atoms with E-state index >= 15 is 0 Å². The van der Waals surface area contributed by atoms with Crippen LogP contribution in [0, 0.1) is 5.92 Å². The first-order valence-electron chi connectivity index (χ1n) is 8.77. The third-order valence-corrected chi connectivity index (χ3v) is 4.86. The van der Waals surface area contributed by atoms with Crippen LogP contribution in [-0.2, 0) is 4.79 Å². The van der Waals surface area contributed by atoms with E-state index < -0.39 is 0 Å². The maximum atomic E-state index is 12.4. The zero-order valence-electron chi connectivity index (χ0n) is 14.3. The highest BCUT2D eigenvalue weighted by Gasteiger charge is 2.24. The van der Waals surface area contributed by atoms with Crippen LogP contribution in [0.1, 0.15) is 19.8 Å². The van der Waals surface area contributed by atoms with Crippen LogP contribution in [0.4, 0.5) is 5.69 Å². The van der Waals surface area contributed by atoms with Crippen molar-refractivity contribution >= 4 is 22.6 Å². The Morgan fingerprint density at radius 1 is 1.20 bits per heavy atom. The number of nitrogens with zero attached hydrogens (tertiary/aromatic N) is 2. The molecule has 1 aliphatic rings. The van der Waals surface area contributed by atoms with Gasteiger partial charge in [0.15, 0.2) is 0 Å². The van der Waals surface area contributed by atoms with Crippen molar-refractivity contribution in [2.45, 2.75) is 25.8 Å². The standard InChI is InChI=1S/C20H22N4O/c1-14-12-15(10-11-21-14)20(25)23-16-6-8-17(9-7-16)24-13-22-18-4-2-3-5-19(18)24/h2-9,13-15,21H,10-12H2,1H3,(H,23,25)/t14-,15-/m0/s1. The summed E-state index contributed by atoms with van der Waals surface area (Å²) in [5.74, 6) is 0.211. The van der Waals surface area contributed by atoms with E-state index in [0.29, 0.717) is 6.04 Å². The maximum absolute atomic E-state index is 12.4. The fourth-order valence-corrected chi connectivity index (χ4v) is 3.48. The van der Waals surface area contributed by atoms with Crippen molar-refractivity contribution in [3.8, 4) is 5.69 Å². The second-order valence-corrected chi connectivity index (χ2v) is 6.72. The number of carbonyl (C=O) groups excluding carboxylic acids is 1. The van der Waals surface area contributed by atoms with Crippen LogP contribution in [0.2, 0.25) is 0 Å². The highest BCUT2D eigenvalue weighted by atomic mass is 16.1. The average Bonchev–Trinajstić information content (AvgIpc) is 3.06. The molecule has 25 heavy (non-hydrogen) atoms. The van der Waals surface area contributed by atoms with Crippen molar-refractivity contribution in [3.63, 3.8) is 0 Å². The summed E-state index contributed by atoms with van der Waals surface area (Å²) in [7, 11) is 0. The molecule has 0 spiro atoms. The van der Waals surface area contributed by atoms with E-state index in [1.165, 1.54) is 0 Å². The van der Waals surface area contributed by atoms with Crippen LogP contribution >= 0.6 is 0 Å². The number of fused-ring (bicyclic) bond motifs is 1. The van der Waals surface area contributed by atoms with Crippen LogP contribution in [0.5, 0.6) is 0 Å². The number of para-hydroxylation sites is 2. The van der Waals surface area contributed by atoms with E-state index in [4.69, 9.17) is 0 Å². The number of amides is 1. The van der Waals surface area contributed by atoms with Crippen LogP contribution in [0.15, 0.2) is 54.9 Å². The number of nitrogens with one attached hydrogen (secondary N) is 2. The van der Waals surface area contributed by atoms with Gasteiger partial charge < -0.3 is 10.6 Å². The SMILES string of the molecule is C[C@H]1C[C@@H](C(=O)Nc2ccc(-n3cnc4ccccc43)cc2)CCN1.